The van der Waals surface area contributed by atoms with E-state index < -0.39 is 0 Å². The number of nitrogens with zero attached hydrogens (tertiary/aromatic N) is 5. The Bertz CT molecular complexity index is 1270. The van der Waals surface area contributed by atoms with Crippen molar-refractivity contribution in [1.29, 1.82) is 0 Å². The molecule has 5 rings (SSSR count). The second kappa shape index (κ2) is 8.03. The van der Waals surface area contributed by atoms with Crippen LogP contribution in [-0.4, -0.2) is 26.8 Å². The number of aromatic nitrogens is 3. The summed E-state index contributed by atoms with van der Waals surface area (Å²) in [7, 11) is 2.14. The van der Waals surface area contributed by atoms with Gasteiger partial charge in [-0.15, -0.1) is 21.5 Å². The van der Waals surface area contributed by atoms with Crippen LogP contribution in [0.15, 0.2) is 48.5 Å². The number of fused-ring (bicyclic) bond motifs is 3. The molecule has 0 saturated carbocycles. The first-order valence-corrected chi connectivity index (χ1v) is 11.9. The third-order valence-electron chi connectivity index (χ3n) is 6.32. The zero-order valence-corrected chi connectivity index (χ0v) is 20.5. The number of rotatable bonds is 3. The molecule has 5 nitrogen and oxygen atoms in total. The zero-order chi connectivity index (χ0) is 22.6. The minimum atomic E-state index is 0.0266. The van der Waals surface area contributed by atoms with E-state index in [0.717, 1.165) is 16.8 Å². The quantitative estimate of drug-likeness (QED) is 0.364. The molecule has 32 heavy (non-hydrogen) atoms. The summed E-state index contributed by atoms with van der Waals surface area (Å²) in [5, 5.41) is 15.6. The Labute approximate surface area is 197 Å². The van der Waals surface area contributed by atoms with E-state index in [2.05, 4.69) is 89.0 Å². The molecular formula is C25H26ClN5S. The zero-order valence-electron chi connectivity index (χ0n) is 18.9. The third kappa shape index (κ3) is 3.43. The van der Waals surface area contributed by atoms with Crippen LogP contribution in [0.3, 0.4) is 0 Å². The fourth-order valence-electron chi connectivity index (χ4n) is 4.41. The number of hydrazine groups is 1. The molecule has 1 aliphatic rings. The molecule has 0 spiro atoms. The van der Waals surface area contributed by atoms with Crippen molar-refractivity contribution in [1.82, 2.24) is 19.8 Å². The van der Waals surface area contributed by atoms with Gasteiger partial charge in [-0.25, -0.2) is 5.01 Å². The van der Waals surface area contributed by atoms with Crippen molar-refractivity contribution in [2.75, 3.05) is 12.1 Å². The molecule has 0 radical (unpaired) electrons. The average molecular weight is 464 g/mol. The van der Waals surface area contributed by atoms with Gasteiger partial charge in [-0.2, -0.15) is 0 Å². The molecule has 4 aromatic rings. The SMILES string of the molecule is Cc1ccc(CN2c3nnc(C)n3-c3sc(C)c(C)c3C(c3ccc(Cl)cc3)N2C)cc1. The van der Waals surface area contributed by atoms with Crippen molar-refractivity contribution >= 4 is 28.9 Å². The van der Waals surface area contributed by atoms with Gasteiger partial charge in [-0.1, -0.05) is 53.6 Å². The second-order valence-corrected chi connectivity index (χ2v) is 10.1. The maximum atomic E-state index is 6.24. The maximum absolute atomic E-state index is 6.24. The van der Waals surface area contributed by atoms with E-state index >= 15 is 0 Å². The smallest absolute Gasteiger partial charge is 0.247 e. The van der Waals surface area contributed by atoms with Crippen LogP contribution in [0.25, 0.3) is 5.00 Å². The van der Waals surface area contributed by atoms with E-state index in [-0.39, 0.29) is 6.04 Å². The largest absolute Gasteiger partial charge is 0.268 e. The van der Waals surface area contributed by atoms with Gasteiger partial charge in [0, 0.05) is 22.5 Å². The Morgan fingerprint density at radius 1 is 0.938 bits per heavy atom. The molecule has 2 aromatic carbocycles. The lowest BCUT2D eigenvalue weighted by molar-refractivity contribution is 0.248. The van der Waals surface area contributed by atoms with Crippen LogP contribution in [-0.2, 0) is 6.54 Å². The molecule has 0 amide bonds. The fourth-order valence-corrected chi connectivity index (χ4v) is 5.77. The molecule has 0 aliphatic carbocycles. The maximum Gasteiger partial charge on any atom is 0.247 e. The molecule has 7 heteroatoms. The van der Waals surface area contributed by atoms with Crippen molar-refractivity contribution in [3.8, 4) is 5.00 Å². The van der Waals surface area contributed by atoms with Crippen molar-refractivity contribution in [2.45, 2.75) is 40.3 Å². The van der Waals surface area contributed by atoms with Gasteiger partial charge in [0.2, 0.25) is 5.95 Å². The van der Waals surface area contributed by atoms with E-state index in [1.165, 1.54) is 37.7 Å². The number of halogens is 1. The molecular weight excluding hydrogens is 438 g/mol. The molecule has 0 fully saturated rings. The molecule has 2 aromatic heterocycles. The van der Waals surface area contributed by atoms with Crippen molar-refractivity contribution in [3.05, 3.63) is 92.1 Å². The summed E-state index contributed by atoms with van der Waals surface area (Å²) < 4.78 is 2.21. The van der Waals surface area contributed by atoms with Crippen LogP contribution < -0.4 is 5.01 Å². The second-order valence-electron chi connectivity index (χ2n) is 8.46. The topological polar surface area (TPSA) is 37.2 Å². The van der Waals surface area contributed by atoms with Crippen LogP contribution >= 0.6 is 22.9 Å². The van der Waals surface area contributed by atoms with Crippen LogP contribution in [0.1, 0.15) is 44.6 Å². The number of benzene rings is 2. The highest BCUT2D eigenvalue weighted by Gasteiger charge is 2.37. The summed E-state index contributed by atoms with van der Waals surface area (Å²) in [6, 6.07) is 16.9. The molecule has 1 unspecified atom stereocenters. The van der Waals surface area contributed by atoms with Gasteiger partial charge in [0.15, 0.2) is 0 Å². The Morgan fingerprint density at radius 2 is 1.62 bits per heavy atom. The normalized spacial score (nSPS) is 16.1. The molecule has 1 aliphatic heterocycles. The lowest BCUT2D eigenvalue weighted by atomic mass is 9.96. The van der Waals surface area contributed by atoms with E-state index in [1.54, 1.807) is 0 Å². The minimum Gasteiger partial charge on any atom is -0.268 e. The summed E-state index contributed by atoms with van der Waals surface area (Å²) in [4.78, 5) is 1.31. The van der Waals surface area contributed by atoms with Gasteiger partial charge < -0.3 is 0 Å². The van der Waals surface area contributed by atoms with Crippen LogP contribution in [0.2, 0.25) is 5.02 Å². The highest BCUT2D eigenvalue weighted by Crippen LogP contribution is 2.45. The minimum absolute atomic E-state index is 0.0266. The van der Waals surface area contributed by atoms with Gasteiger partial charge >= 0.3 is 0 Å². The highest BCUT2D eigenvalue weighted by atomic mass is 35.5. The highest BCUT2D eigenvalue weighted by molar-refractivity contribution is 7.14. The van der Waals surface area contributed by atoms with Crippen LogP contribution in [0.5, 0.6) is 0 Å². The van der Waals surface area contributed by atoms with Gasteiger partial charge in [0.05, 0.1) is 12.6 Å². The predicted molar refractivity (Wildman–Crippen MR) is 132 cm³/mol. The van der Waals surface area contributed by atoms with Crippen LogP contribution in [0, 0.1) is 27.7 Å². The van der Waals surface area contributed by atoms with Gasteiger partial charge in [-0.05, 0) is 56.5 Å². The Morgan fingerprint density at radius 3 is 2.31 bits per heavy atom. The predicted octanol–water partition coefficient (Wildman–Crippen LogP) is 6.17. The first-order chi connectivity index (χ1) is 15.3. The van der Waals surface area contributed by atoms with E-state index in [1.807, 2.05) is 30.4 Å². The summed E-state index contributed by atoms with van der Waals surface area (Å²) in [6.07, 6.45) is 0. The summed E-state index contributed by atoms with van der Waals surface area (Å²) in [5.74, 6) is 1.73. The summed E-state index contributed by atoms with van der Waals surface area (Å²) in [6.45, 7) is 9.25. The monoisotopic (exact) mass is 463 g/mol. The molecule has 0 saturated heterocycles. The van der Waals surface area contributed by atoms with Crippen molar-refractivity contribution < 1.29 is 0 Å². The van der Waals surface area contributed by atoms with Gasteiger partial charge in [-0.3, -0.25) is 9.58 Å². The standard InChI is InChI=1S/C25H26ClN5S/c1-15-6-8-19(9-7-15)14-30-25-28-27-18(4)31(25)24-22(16(2)17(3)32-24)23(29(30)5)20-10-12-21(26)13-11-20/h6-13,23H,14H2,1-5H3. The molecule has 1 atom stereocenters. The van der Waals surface area contributed by atoms with E-state index in [9.17, 15) is 0 Å². The van der Waals surface area contributed by atoms with E-state index in [0.29, 0.717) is 6.54 Å². The van der Waals surface area contributed by atoms with Crippen molar-refractivity contribution in [2.24, 2.45) is 0 Å². The Balaban J connectivity index is 1.73. The van der Waals surface area contributed by atoms with Crippen LogP contribution in [0.4, 0.5) is 5.95 Å². The third-order valence-corrected chi connectivity index (χ3v) is 7.78. The number of aryl methyl sites for hydroxylation is 3. The lowest BCUT2D eigenvalue weighted by Gasteiger charge is -2.36. The summed E-state index contributed by atoms with van der Waals surface area (Å²) in [5.41, 5.74) is 6.29. The lowest BCUT2D eigenvalue weighted by Crippen LogP contribution is -2.42. The number of anilines is 1. The van der Waals surface area contributed by atoms with Gasteiger partial charge in [0.1, 0.15) is 10.8 Å². The first-order valence-electron chi connectivity index (χ1n) is 10.7. The van der Waals surface area contributed by atoms with Gasteiger partial charge in [0.25, 0.3) is 0 Å². The number of hydrogen-bond donors (Lipinski definition) is 0. The van der Waals surface area contributed by atoms with E-state index in [4.69, 9.17) is 11.6 Å². The molecule has 0 N–H and O–H groups in total. The molecule has 0 bridgehead atoms. The average Bonchev–Trinajstić information content (AvgIpc) is 3.26. The number of thiophene rings is 1. The van der Waals surface area contributed by atoms with Crippen molar-refractivity contribution in [3.63, 3.8) is 0 Å². The molecule has 164 valence electrons. The Kier molecular flexibility index (Phi) is 5.32. The molecule has 3 heterocycles. The first kappa shape index (κ1) is 21.2. The number of hydrogen-bond acceptors (Lipinski definition) is 5. The summed E-state index contributed by atoms with van der Waals surface area (Å²) >= 11 is 8.04. The fraction of sp³-hybridized carbons (Fsp3) is 0.280. The Hall–Kier alpha value is -2.67.